The molecule has 19 heavy (non-hydrogen) atoms. The Morgan fingerprint density at radius 3 is 2.89 bits per heavy atom. The fourth-order valence-corrected chi connectivity index (χ4v) is 2.84. The van der Waals surface area contributed by atoms with Crippen molar-refractivity contribution < 1.29 is 4.79 Å². The number of anilines is 1. The number of rotatable bonds is 4. The molecule has 0 radical (unpaired) electrons. The zero-order valence-electron chi connectivity index (χ0n) is 10.4. The maximum atomic E-state index is 11.8. The number of halogens is 1. The van der Waals surface area contributed by atoms with Gasteiger partial charge in [-0.25, -0.2) is 0 Å². The third-order valence-corrected chi connectivity index (χ3v) is 4.02. The average molecular weight is 341 g/mol. The number of carbonyl (C=O) groups excluding carboxylic acids is 1. The summed E-state index contributed by atoms with van der Waals surface area (Å²) in [7, 11) is 0. The molecule has 4 nitrogen and oxygen atoms in total. The quantitative estimate of drug-likeness (QED) is 0.929. The highest BCUT2D eigenvalue weighted by Gasteiger charge is 2.06. The van der Waals surface area contributed by atoms with Crippen molar-refractivity contribution in [3.8, 4) is 0 Å². The lowest BCUT2D eigenvalue weighted by Crippen LogP contribution is -2.20. The molecule has 0 aliphatic carbocycles. The Balaban J connectivity index is 1.94. The van der Waals surface area contributed by atoms with Gasteiger partial charge in [-0.3, -0.25) is 9.59 Å². The number of hydrogen-bond donors (Lipinski definition) is 1. The number of nitrogens with one attached hydrogen (secondary N) is 1. The number of hydrogen-bond acceptors (Lipinski definition) is 3. The first kappa shape index (κ1) is 14.0. The molecule has 0 bridgehead atoms. The summed E-state index contributed by atoms with van der Waals surface area (Å²) in [6.07, 6.45) is 0.282. The summed E-state index contributed by atoms with van der Waals surface area (Å²) in [5.41, 5.74) is 1.64. The first-order valence-electron chi connectivity index (χ1n) is 5.76. The van der Waals surface area contributed by atoms with Gasteiger partial charge >= 0.3 is 4.87 Å². The Kier molecular flexibility index (Phi) is 4.55. The molecule has 1 heterocycles. The van der Waals surface area contributed by atoms with Crippen LogP contribution in [0.4, 0.5) is 5.69 Å². The molecule has 1 N–H and O–H groups in total. The number of amides is 1. The van der Waals surface area contributed by atoms with Crippen molar-refractivity contribution in [1.82, 2.24) is 4.57 Å². The van der Waals surface area contributed by atoms with Crippen LogP contribution in [0, 0.1) is 6.92 Å². The number of aryl methyl sites for hydroxylation is 1. The zero-order chi connectivity index (χ0) is 13.8. The van der Waals surface area contributed by atoms with Gasteiger partial charge in [0.2, 0.25) is 5.91 Å². The standard InChI is InChI=1S/C13H13BrN2O2S/c1-9-8-19-13(18)16(9)6-5-12(17)15-11-4-2-3-10(14)7-11/h2-4,7-8H,5-6H2,1H3,(H,15,17). The fraction of sp³-hybridized carbons (Fsp3) is 0.231. The summed E-state index contributed by atoms with van der Waals surface area (Å²) in [5.74, 6) is -0.101. The Morgan fingerprint density at radius 2 is 2.26 bits per heavy atom. The van der Waals surface area contributed by atoms with Gasteiger partial charge in [0.05, 0.1) is 0 Å². The molecule has 2 aromatic rings. The van der Waals surface area contributed by atoms with E-state index in [-0.39, 0.29) is 17.2 Å². The molecule has 1 amide bonds. The molecular weight excluding hydrogens is 328 g/mol. The molecule has 0 atom stereocenters. The van der Waals surface area contributed by atoms with E-state index in [9.17, 15) is 9.59 Å². The van der Waals surface area contributed by atoms with Crippen LogP contribution in [0.25, 0.3) is 0 Å². The van der Waals surface area contributed by atoms with Gasteiger partial charge in [0.1, 0.15) is 0 Å². The van der Waals surface area contributed by atoms with Gasteiger partial charge in [0.25, 0.3) is 0 Å². The summed E-state index contributed by atoms with van der Waals surface area (Å²) in [4.78, 5) is 23.3. The van der Waals surface area contributed by atoms with Crippen molar-refractivity contribution in [3.63, 3.8) is 0 Å². The van der Waals surface area contributed by atoms with Gasteiger partial charge in [-0.15, -0.1) is 0 Å². The van der Waals surface area contributed by atoms with Crippen molar-refractivity contribution in [1.29, 1.82) is 0 Å². The molecule has 0 saturated heterocycles. The second-order valence-electron chi connectivity index (χ2n) is 4.10. The van der Waals surface area contributed by atoms with Crippen molar-refractivity contribution in [2.45, 2.75) is 19.9 Å². The highest BCUT2D eigenvalue weighted by molar-refractivity contribution is 9.10. The van der Waals surface area contributed by atoms with E-state index >= 15 is 0 Å². The van der Waals surface area contributed by atoms with Crippen LogP contribution in [-0.2, 0) is 11.3 Å². The highest BCUT2D eigenvalue weighted by atomic mass is 79.9. The van der Waals surface area contributed by atoms with Gasteiger partial charge in [-0.2, -0.15) is 0 Å². The third kappa shape index (κ3) is 3.78. The van der Waals surface area contributed by atoms with Gasteiger partial charge in [-0.05, 0) is 25.1 Å². The molecular formula is C13H13BrN2O2S. The molecule has 0 unspecified atom stereocenters. The second-order valence-corrected chi connectivity index (χ2v) is 5.84. The SMILES string of the molecule is Cc1csc(=O)n1CCC(=O)Nc1cccc(Br)c1. The molecule has 1 aromatic carbocycles. The van der Waals surface area contributed by atoms with Gasteiger partial charge < -0.3 is 9.88 Å². The first-order valence-corrected chi connectivity index (χ1v) is 7.44. The van der Waals surface area contributed by atoms with Gasteiger partial charge in [0, 0.05) is 34.2 Å². The average Bonchev–Trinajstić information content (AvgIpc) is 2.67. The summed E-state index contributed by atoms with van der Waals surface area (Å²) in [5, 5.41) is 4.60. The van der Waals surface area contributed by atoms with E-state index in [0.29, 0.717) is 6.54 Å². The van der Waals surface area contributed by atoms with Crippen LogP contribution < -0.4 is 10.2 Å². The molecule has 0 saturated carbocycles. The van der Waals surface area contributed by atoms with Crippen LogP contribution in [-0.4, -0.2) is 10.5 Å². The number of benzene rings is 1. The van der Waals surface area contributed by atoms with Crippen LogP contribution in [0.3, 0.4) is 0 Å². The summed E-state index contributed by atoms with van der Waals surface area (Å²) < 4.78 is 2.53. The van der Waals surface area contributed by atoms with Crippen molar-refractivity contribution in [3.05, 3.63) is 49.5 Å². The molecule has 100 valence electrons. The Bertz CT molecular complexity index is 648. The minimum atomic E-state index is -0.101. The van der Waals surface area contributed by atoms with Gasteiger partial charge in [-0.1, -0.05) is 33.3 Å². The summed E-state index contributed by atoms with van der Waals surface area (Å²) in [6, 6.07) is 7.40. The van der Waals surface area contributed by atoms with Crippen LogP contribution in [0.5, 0.6) is 0 Å². The Morgan fingerprint density at radius 1 is 1.47 bits per heavy atom. The molecule has 0 fully saturated rings. The Labute approximate surface area is 123 Å². The van der Waals surface area contributed by atoms with E-state index in [4.69, 9.17) is 0 Å². The molecule has 0 aliphatic rings. The number of thiazole rings is 1. The van der Waals surface area contributed by atoms with Crippen LogP contribution in [0.15, 0.2) is 38.9 Å². The zero-order valence-corrected chi connectivity index (χ0v) is 12.8. The third-order valence-electron chi connectivity index (χ3n) is 2.65. The first-order chi connectivity index (χ1) is 9.06. The summed E-state index contributed by atoms with van der Waals surface area (Å²) >= 11 is 4.50. The van der Waals surface area contributed by atoms with Crippen LogP contribution in [0.1, 0.15) is 12.1 Å². The molecule has 2 rings (SSSR count). The maximum absolute atomic E-state index is 11.8. The monoisotopic (exact) mass is 340 g/mol. The number of aromatic nitrogens is 1. The van der Waals surface area contributed by atoms with E-state index in [1.54, 1.807) is 9.95 Å². The smallest absolute Gasteiger partial charge is 0.307 e. The lowest BCUT2D eigenvalue weighted by molar-refractivity contribution is -0.116. The molecule has 6 heteroatoms. The van der Waals surface area contributed by atoms with Gasteiger partial charge in [0.15, 0.2) is 0 Å². The predicted molar refractivity (Wildman–Crippen MR) is 80.7 cm³/mol. The van der Waals surface area contributed by atoms with E-state index < -0.39 is 0 Å². The number of nitrogens with zero attached hydrogens (tertiary/aromatic N) is 1. The number of carbonyl (C=O) groups is 1. The normalized spacial score (nSPS) is 10.4. The van der Waals surface area contributed by atoms with Crippen molar-refractivity contribution in [2.75, 3.05) is 5.32 Å². The Hall–Kier alpha value is -1.40. The largest absolute Gasteiger partial charge is 0.326 e. The fourth-order valence-electron chi connectivity index (χ4n) is 1.68. The molecule has 1 aromatic heterocycles. The lowest BCUT2D eigenvalue weighted by Gasteiger charge is -2.06. The predicted octanol–water partition coefficient (Wildman–Crippen LogP) is 3.01. The molecule has 0 aliphatic heterocycles. The van der Waals surface area contributed by atoms with E-state index in [1.807, 2.05) is 31.2 Å². The highest BCUT2D eigenvalue weighted by Crippen LogP contribution is 2.15. The van der Waals surface area contributed by atoms with Crippen LogP contribution >= 0.6 is 27.3 Å². The maximum Gasteiger partial charge on any atom is 0.307 e. The second kappa shape index (κ2) is 6.16. The molecule has 0 spiro atoms. The van der Waals surface area contributed by atoms with Crippen LogP contribution in [0.2, 0.25) is 0 Å². The topological polar surface area (TPSA) is 51.1 Å². The van der Waals surface area contributed by atoms with Crippen molar-refractivity contribution >= 4 is 38.9 Å². The van der Waals surface area contributed by atoms with Crippen molar-refractivity contribution in [2.24, 2.45) is 0 Å². The lowest BCUT2D eigenvalue weighted by atomic mass is 10.3. The summed E-state index contributed by atoms with van der Waals surface area (Å²) in [6.45, 7) is 2.28. The van der Waals surface area contributed by atoms with E-state index in [0.717, 1.165) is 27.2 Å². The minimum absolute atomic E-state index is 0.0206. The van der Waals surface area contributed by atoms with E-state index in [1.165, 1.54) is 0 Å². The van der Waals surface area contributed by atoms with E-state index in [2.05, 4.69) is 21.2 Å². The minimum Gasteiger partial charge on any atom is -0.326 e.